The minimum atomic E-state index is -8.62. The summed E-state index contributed by atoms with van der Waals surface area (Å²) in [5.74, 6) is 0. The maximum atomic E-state index is 13.4. The Morgan fingerprint density at radius 1 is 0.542 bits per heavy atom. The molecule has 1 saturated heterocycles. The molecule has 0 spiro atoms. The zero-order valence-electron chi connectivity index (χ0n) is 10.6. The van der Waals surface area contributed by atoms with Gasteiger partial charge in [0.05, 0.1) is 0 Å². The van der Waals surface area contributed by atoms with Crippen molar-refractivity contribution in [3.8, 4) is 0 Å². The molecule has 0 amide bonds. The molecule has 1 rings (SSSR count). The Bertz CT molecular complexity index is 443. The third kappa shape index (κ3) is 2.60. The van der Waals surface area contributed by atoms with Gasteiger partial charge in [0.25, 0.3) is 0 Å². The number of alkyl halides is 12. The summed E-state index contributed by atoms with van der Waals surface area (Å²) in [7, 11) is -8.62. The van der Waals surface area contributed by atoms with E-state index in [1.807, 2.05) is 0 Å². The third-order valence-electron chi connectivity index (χ3n) is 2.76. The first-order chi connectivity index (χ1) is 9.93. The molecule has 17 heteroatoms. The van der Waals surface area contributed by atoms with Crippen molar-refractivity contribution in [3.63, 3.8) is 0 Å². The van der Waals surface area contributed by atoms with Gasteiger partial charge in [-0.25, -0.2) is 0 Å². The van der Waals surface area contributed by atoms with Crippen LogP contribution in [0.2, 0.25) is 0 Å². The van der Waals surface area contributed by atoms with Gasteiger partial charge in [-0.15, -0.1) is 0 Å². The molecule has 2 nitrogen and oxygen atoms in total. The van der Waals surface area contributed by atoms with Gasteiger partial charge >= 0.3 is 120 Å². The van der Waals surface area contributed by atoms with E-state index in [1.54, 1.807) is 0 Å². The first kappa shape index (κ1) is 21.4. The SMILES string of the molecule is CP1(F)(F)OC(C(F)(F)F)(C(F)(F)F)C(C(F)(F)F)(C(F)(F)F)O1. The third-order valence-corrected chi connectivity index (χ3v) is 4.10. The first-order valence-electron chi connectivity index (χ1n) is 5.08. The fourth-order valence-electron chi connectivity index (χ4n) is 2.07. The molecule has 0 atom stereocenters. The van der Waals surface area contributed by atoms with Crippen LogP contribution in [0, 0.1) is 0 Å². The van der Waals surface area contributed by atoms with Crippen LogP contribution in [0.3, 0.4) is 0 Å². The summed E-state index contributed by atoms with van der Waals surface area (Å²) in [4.78, 5) is 0. The molecule has 0 aromatic carbocycles. The summed E-state index contributed by atoms with van der Waals surface area (Å²) < 4.78 is 184. The summed E-state index contributed by atoms with van der Waals surface area (Å²) in [6, 6.07) is 0. The second-order valence-corrected chi connectivity index (χ2v) is 7.25. The quantitative estimate of drug-likeness (QED) is 0.382. The Hall–Kier alpha value is -0.630. The molecular weight excluding hydrogens is 413 g/mol. The van der Waals surface area contributed by atoms with E-state index in [0.717, 1.165) is 0 Å². The normalized spacial score (nSPS) is 28.2. The molecule has 0 aromatic rings. The zero-order chi connectivity index (χ0) is 19.9. The summed E-state index contributed by atoms with van der Waals surface area (Å²) in [5, 5.41) is 0. The minimum absolute atomic E-state index is 1.11. The van der Waals surface area contributed by atoms with Gasteiger partial charge in [-0.2, -0.15) is 0 Å². The molecule has 1 fully saturated rings. The van der Waals surface area contributed by atoms with Crippen LogP contribution in [0.5, 0.6) is 0 Å². The second-order valence-electron chi connectivity index (χ2n) is 4.65. The average molecular weight is 416 g/mol. The van der Waals surface area contributed by atoms with Gasteiger partial charge in [0, 0.05) is 0 Å². The Balaban J connectivity index is 4.16. The number of halogens is 14. The molecule has 0 radical (unpaired) electrons. The van der Waals surface area contributed by atoms with Crippen molar-refractivity contribution in [2.75, 3.05) is 6.66 Å². The predicted molar refractivity (Wildman–Crippen MR) is 46.9 cm³/mol. The Kier molecular flexibility index (Phi) is 4.06. The average Bonchev–Trinajstić information content (AvgIpc) is 2.40. The Labute approximate surface area is 122 Å². The summed E-state index contributed by atoms with van der Waals surface area (Å²) in [5.41, 5.74) is -14.8. The van der Waals surface area contributed by atoms with Gasteiger partial charge in [-0.1, -0.05) is 0 Å². The van der Waals surface area contributed by atoms with Crippen LogP contribution in [0.15, 0.2) is 0 Å². The number of hydrogen-bond acceptors (Lipinski definition) is 2. The molecule has 1 aliphatic rings. The molecule has 0 unspecified atom stereocenters. The standard InChI is InChI=1S/C7H3F14O2P/c1-24(20,21)22-2(4(8,9)10,5(11,12)13)3(23-24,6(14,15)16)7(17,18)19/h1H3. The van der Waals surface area contributed by atoms with E-state index >= 15 is 0 Å². The van der Waals surface area contributed by atoms with E-state index in [0.29, 0.717) is 0 Å². The zero-order valence-corrected chi connectivity index (χ0v) is 11.4. The van der Waals surface area contributed by atoms with Crippen molar-refractivity contribution in [1.82, 2.24) is 0 Å². The van der Waals surface area contributed by atoms with E-state index < -0.39 is 50.3 Å². The number of rotatable bonds is 0. The molecule has 1 aliphatic heterocycles. The monoisotopic (exact) mass is 416 g/mol. The van der Waals surface area contributed by atoms with Crippen LogP contribution >= 0.6 is 7.68 Å². The van der Waals surface area contributed by atoms with Crippen LogP contribution in [-0.4, -0.2) is 42.6 Å². The predicted octanol–water partition coefficient (Wildman–Crippen LogP) is 5.54. The molecule has 1 heterocycles. The fraction of sp³-hybridized carbons (Fsp3) is 1.00. The van der Waals surface area contributed by atoms with E-state index in [2.05, 4.69) is 9.05 Å². The van der Waals surface area contributed by atoms with Crippen molar-refractivity contribution >= 4 is 7.68 Å². The van der Waals surface area contributed by atoms with Crippen molar-refractivity contribution < 1.29 is 70.1 Å². The van der Waals surface area contributed by atoms with Crippen molar-refractivity contribution in [2.24, 2.45) is 0 Å². The van der Waals surface area contributed by atoms with E-state index in [1.165, 1.54) is 0 Å². The number of hydrogen-bond donors (Lipinski definition) is 0. The van der Waals surface area contributed by atoms with Crippen LogP contribution in [0.25, 0.3) is 0 Å². The molecule has 0 N–H and O–H groups in total. The molecule has 0 aromatic heterocycles. The van der Waals surface area contributed by atoms with Crippen molar-refractivity contribution in [2.45, 2.75) is 35.9 Å². The van der Waals surface area contributed by atoms with E-state index in [9.17, 15) is 61.1 Å². The molecule has 0 aliphatic carbocycles. The van der Waals surface area contributed by atoms with Gasteiger partial charge in [0.1, 0.15) is 0 Å². The molecule has 146 valence electrons. The summed E-state index contributed by atoms with van der Waals surface area (Å²) in [6.45, 7) is -1.11. The first-order valence-corrected chi connectivity index (χ1v) is 7.38. The van der Waals surface area contributed by atoms with Crippen LogP contribution in [0.4, 0.5) is 61.1 Å². The fourth-order valence-corrected chi connectivity index (χ4v) is 3.96. The van der Waals surface area contributed by atoms with Gasteiger partial charge in [0.15, 0.2) is 0 Å². The molecule has 0 saturated carbocycles. The van der Waals surface area contributed by atoms with Crippen LogP contribution in [-0.2, 0) is 9.05 Å². The van der Waals surface area contributed by atoms with E-state index in [4.69, 9.17) is 0 Å². The Morgan fingerprint density at radius 3 is 0.833 bits per heavy atom. The topological polar surface area (TPSA) is 18.5 Å². The van der Waals surface area contributed by atoms with Crippen molar-refractivity contribution in [1.29, 1.82) is 0 Å². The van der Waals surface area contributed by atoms with Gasteiger partial charge in [0.2, 0.25) is 0 Å². The van der Waals surface area contributed by atoms with Gasteiger partial charge in [-0.05, 0) is 0 Å². The summed E-state index contributed by atoms with van der Waals surface area (Å²) in [6.07, 6.45) is -30.5. The van der Waals surface area contributed by atoms with Crippen LogP contribution < -0.4 is 0 Å². The van der Waals surface area contributed by atoms with E-state index in [-0.39, 0.29) is 0 Å². The Morgan fingerprint density at radius 2 is 0.708 bits per heavy atom. The molecular formula is C7H3F14O2P. The summed E-state index contributed by atoms with van der Waals surface area (Å²) >= 11 is 0. The van der Waals surface area contributed by atoms with Gasteiger partial charge in [-0.3, -0.25) is 0 Å². The second kappa shape index (κ2) is 4.55. The van der Waals surface area contributed by atoms with Gasteiger partial charge < -0.3 is 0 Å². The molecule has 0 bridgehead atoms. The van der Waals surface area contributed by atoms with Crippen LogP contribution in [0.1, 0.15) is 0 Å². The maximum absolute atomic E-state index is 13.4. The van der Waals surface area contributed by atoms with Crippen molar-refractivity contribution in [3.05, 3.63) is 0 Å². The molecule has 24 heavy (non-hydrogen) atoms.